The van der Waals surface area contributed by atoms with Crippen LogP contribution in [0.3, 0.4) is 0 Å². The SMILES string of the molecule is FC(F)(F)c1ccc(C2CN=C(C3CCCNC3)O2)cc1. The van der Waals surface area contributed by atoms with Gasteiger partial charge in [0.1, 0.15) is 6.10 Å². The highest BCUT2D eigenvalue weighted by Crippen LogP contribution is 2.32. The Hall–Kier alpha value is -1.56. The van der Waals surface area contributed by atoms with E-state index in [0.29, 0.717) is 6.54 Å². The Morgan fingerprint density at radius 3 is 2.57 bits per heavy atom. The van der Waals surface area contributed by atoms with Gasteiger partial charge in [0.05, 0.1) is 12.1 Å². The molecule has 2 unspecified atom stereocenters. The minimum Gasteiger partial charge on any atom is -0.471 e. The van der Waals surface area contributed by atoms with Gasteiger partial charge in [-0.05, 0) is 37.1 Å². The molecule has 1 N–H and O–H groups in total. The minimum atomic E-state index is -4.30. The molecule has 0 aliphatic carbocycles. The summed E-state index contributed by atoms with van der Waals surface area (Å²) in [5.74, 6) is 1.03. The standard InChI is InChI=1S/C15H17F3N2O/c16-15(17,18)12-5-3-10(4-6-12)13-9-20-14(21-13)11-2-1-7-19-8-11/h3-6,11,13,19H,1-2,7-9H2. The van der Waals surface area contributed by atoms with Crippen molar-refractivity contribution in [2.24, 2.45) is 10.9 Å². The Morgan fingerprint density at radius 2 is 1.95 bits per heavy atom. The smallest absolute Gasteiger partial charge is 0.416 e. The fourth-order valence-electron chi connectivity index (χ4n) is 2.74. The Bertz CT molecular complexity index is 519. The predicted molar refractivity (Wildman–Crippen MR) is 73.2 cm³/mol. The van der Waals surface area contributed by atoms with Crippen molar-refractivity contribution in [3.8, 4) is 0 Å². The van der Waals surface area contributed by atoms with Gasteiger partial charge in [-0.15, -0.1) is 0 Å². The van der Waals surface area contributed by atoms with Gasteiger partial charge in [0, 0.05) is 12.5 Å². The molecule has 1 aromatic rings. The molecule has 2 atom stereocenters. The van der Waals surface area contributed by atoms with Crippen LogP contribution in [0.15, 0.2) is 29.3 Å². The predicted octanol–water partition coefficient (Wildman–Crippen LogP) is 3.17. The van der Waals surface area contributed by atoms with Gasteiger partial charge in [0.15, 0.2) is 5.90 Å². The maximum absolute atomic E-state index is 12.5. The molecule has 1 aromatic carbocycles. The number of benzene rings is 1. The van der Waals surface area contributed by atoms with Gasteiger partial charge < -0.3 is 10.1 Å². The van der Waals surface area contributed by atoms with Crippen LogP contribution in [-0.2, 0) is 10.9 Å². The lowest BCUT2D eigenvalue weighted by atomic mass is 10.00. The summed E-state index contributed by atoms with van der Waals surface area (Å²) in [5.41, 5.74) is 0.104. The molecular formula is C15H17F3N2O. The lowest BCUT2D eigenvalue weighted by Gasteiger charge is -2.23. The largest absolute Gasteiger partial charge is 0.471 e. The van der Waals surface area contributed by atoms with E-state index in [1.54, 1.807) is 0 Å². The highest BCUT2D eigenvalue weighted by Gasteiger charge is 2.32. The van der Waals surface area contributed by atoms with E-state index in [0.717, 1.165) is 49.5 Å². The van der Waals surface area contributed by atoms with Gasteiger partial charge in [-0.3, -0.25) is 4.99 Å². The van der Waals surface area contributed by atoms with Crippen molar-refractivity contribution in [1.29, 1.82) is 0 Å². The monoisotopic (exact) mass is 298 g/mol. The van der Waals surface area contributed by atoms with E-state index in [9.17, 15) is 13.2 Å². The number of hydrogen-bond donors (Lipinski definition) is 1. The Morgan fingerprint density at radius 1 is 1.19 bits per heavy atom. The summed E-state index contributed by atoms with van der Waals surface area (Å²) in [6, 6.07) is 5.15. The molecule has 2 aliphatic rings. The molecular weight excluding hydrogens is 281 g/mol. The summed E-state index contributed by atoms with van der Waals surface area (Å²) < 4.78 is 43.5. The molecule has 2 heterocycles. The first-order valence-corrected chi connectivity index (χ1v) is 7.13. The van der Waals surface area contributed by atoms with Crippen LogP contribution in [0.5, 0.6) is 0 Å². The third kappa shape index (κ3) is 3.20. The fourth-order valence-corrected chi connectivity index (χ4v) is 2.74. The number of nitrogens with zero attached hydrogens (tertiary/aromatic N) is 1. The van der Waals surface area contributed by atoms with E-state index in [1.165, 1.54) is 12.1 Å². The highest BCUT2D eigenvalue weighted by atomic mass is 19.4. The van der Waals surface area contributed by atoms with Crippen LogP contribution in [0.25, 0.3) is 0 Å². The summed E-state index contributed by atoms with van der Waals surface area (Å²) in [7, 11) is 0. The second kappa shape index (κ2) is 5.67. The van der Waals surface area contributed by atoms with E-state index in [2.05, 4.69) is 10.3 Å². The van der Waals surface area contributed by atoms with Crippen molar-refractivity contribution in [2.75, 3.05) is 19.6 Å². The summed E-state index contributed by atoms with van der Waals surface area (Å²) in [5, 5.41) is 3.30. The molecule has 0 bridgehead atoms. The van der Waals surface area contributed by atoms with Crippen molar-refractivity contribution in [3.05, 3.63) is 35.4 Å². The number of piperidine rings is 1. The molecule has 3 nitrogen and oxygen atoms in total. The van der Waals surface area contributed by atoms with Crippen LogP contribution < -0.4 is 5.32 Å². The minimum absolute atomic E-state index is 0.260. The van der Waals surface area contributed by atoms with Crippen molar-refractivity contribution in [1.82, 2.24) is 5.32 Å². The molecule has 3 rings (SSSR count). The summed E-state index contributed by atoms with van der Waals surface area (Å²) in [4.78, 5) is 4.42. The highest BCUT2D eigenvalue weighted by molar-refractivity contribution is 5.80. The zero-order valence-electron chi connectivity index (χ0n) is 11.5. The molecule has 0 amide bonds. The molecule has 21 heavy (non-hydrogen) atoms. The molecule has 0 spiro atoms. The van der Waals surface area contributed by atoms with Crippen LogP contribution in [0.1, 0.15) is 30.1 Å². The Kier molecular flexibility index (Phi) is 3.89. The first-order valence-electron chi connectivity index (χ1n) is 7.13. The van der Waals surface area contributed by atoms with Gasteiger partial charge in [0.25, 0.3) is 0 Å². The molecule has 1 fully saturated rings. The second-order valence-electron chi connectivity index (χ2n) is 5.45. The molecule has 0 aromatic heterocycles. The maximum atomic E-state index is 12.5. The normalized spacial score (nSPS) is 26.3. The van der Waals surface area contributed by atoms with Gasteiger partial charge in [0.2, 0.25) is 0 Å². The van der Waals surface area contributed by atoms with Crippen molar-refractivity contribution < 1.29 is 17.9 Å². The van der Waals surface area contributed by atoms with Gasteiger partial charge in [-0.25, -0.2) is 0 Å². The summed E-state index contributed by atoms with van der Waals surface area (Å²) >= 11 is 0. The van der Waals surface area contributed by atoms with Crippen LogP contribution >= 0.6 is 0 Å². The second-order valence-corrected chi connectivity index (χ2v) is 5.45. The molecule has 0 saturated carbocycles. The number of ether oxygens (including phenoxy) is 1. The van der Waals surface area contributed by atoms with Gasteiger partial charge in [-0.1, -0.05) is 12.1 Å². The number of aliphatic imine (C=N–C) groups is 1. The van der Waals surface area contributed by atoms with E-state index < -0.39 is 11.7 Å². The van der Waals surface area contributed by atoms with E-state index >= 15 is 0 Å². The number of nitrogens with one attached hydrogen (secondary N) is 1. The lowest BCUT2D eigenvalue weighted by molar-refractivity contribution is -0.137. The average molecular weight is 298 g/mol. The molecule has 2 aliphatic heterocycles. The molecule has 0 radical (unpaired) electrons. The van der Waals surface area contributed by atoms with Crippen LogP contribution in [0, 0.1) is 5.92 Å². The zero-order valence-corrected chi connectivity index (χ0v) is 11.5. The van der Waals surface area contributed by atoms with Gasteiger partial charge in [-0.2, -0.15) is 13.2 Å². The number of halogens is 3. The summed E-state index contributed by atoms with van der Waals surface area (Å²) in [6.07, 6.45) is -2.42. The van der Waals surface area contributed by atoms with E-state index in [1.807, 2.05) is 0 Å². The van der Waals surface area contributed by atoms with Crippen molar-refractivity contribution in [2.45, 2.75) is 25.1 Å². The van der Waals surface area contributed by atoms with Crippen LogP contribution in [0.2, 0.25) is 0 Å². The zero-order chi connectivity index (χ0) is 14.9. The third-order valence-corrected chi connectivity index (χ3v) is 3.93. The van der Waals surface area contributed by atoms with Crippen LogP contribution in [0.4, 0.5) is 13.2 Å². The molecule has 114 valence electrons. The average Bonchev–Trinajstić information content (AvgIpc) is 2.97. The maximum Gasteiger partial charge on any atom is 0.416 e. The first-order chi connectivity index (χ1) is 10.0. The van der Waals surface area contributed by atoms with E-state index in [-0.39, 0.29) is 12.0 Å². The molecule has 1 saturated heterocycles. The fraction of sp³-hybridized carbons (Fsp3) is 0.533. The first kappa shape index (κ1) is 14.4. The Labute approximate surface area is 121 Å². The van der Waals surface area contributed by atoms with Crippen LogP contribution in [-0.4, -0.2) is 25.5 Å². The van der Waals surface area contributed by atoms with Crippen molar-refractivity contribution >= 4 is 5.90 Å². The topological polar surface area (TPSA) is 33.6 Å². The Balaban J connectivity index is 1.64. The summed E-state index contributed by atoms with van der Waals surface area (Å²) in [6.45, 7) is 2.36. The molecule has 6 heteroatoms. The quantitative estimate of drug-likeness (QED) is 0.910. The number of alkyl halides is 3. The van der Waals surface area contributed by atoms with Gasteiger partial charge >= 0.3 is 6.18 Å². The third-order valence-electron chi connectivity index (χ3n) is 3.93. The van der Waals surface area contributed by atoms with Crippen molar-refractivity contribution in [3.63, 3.8) is 0 Å². The number of rotatable bonds is 2. The lowest BCUT2D eigenvalue weighted by Crippen LogP contribution is -2.34. The van der Waals surface area contributed by atoms with E-state index in [4.69, 9.17) is 4.74 Å². The number of hydrogen-bond acceptors (Lipinski definition) is 3.